The molecule has 0 aromatic rings. The van der Waals surface area contributed by atoms with Crippen LogP contribution in [0.5, 0.6) is 0 Å². The Hall–Kier alpha value is 0.250. The number of hydrogen-bond acceptors (Lipinski definition) is 0. The van der Waals surface area contributed by atoms with Crippen molar-refractivity contribution in [1.82, 2.24) is 0 Å². The normalized spacial score (nSPS) is 12.0. The lowest BCUT2D eigenvalue weighted by atomic mass is 10.1. The van der Waals surface area contributed by atoms with Crippen molar-refractivity contribution >= 4 is 11.6 Å². The smallest absolute Gasteiger partial charge is 0.154 e. The Labute approximate surface area is 88.7 Å². The molecule has 0 atom stereocenters. The summed E-state index contributed by atoms with van der Waals surface area (Å²) >= 11 is 5.83. The quantitative estimate of drug-likeness (QED) is 0.246. The third kappa shape index (κ3) is 8.58. The van der Waals surface area contributed by atoms with E-state index in [2.05, 4.69) is 21.0 Å². The minimum atomic E-state index is 0.731. The number of nitrogens with zero attached hydrogens (tertiary/aromatic N) is 1. The molecule has 0 amide bonds. The van der Waals surface area contributed by atoms with E-state index in [-0.39, 0.29) is 0 Å². The van der Waals surface area contributed by atoms with Gasteiger partial charge in [-0.2, -0.15) is 0 Å². The number of quaternary nitrogens is 1. The van der Waals surface area contributed by atoms with Gasteiger partial charge >= 0.3 is 0 Å². The molecule has 0 radical (unpaired) electrons. The van der Waals surface area contributed by atoms with Crippen molar-refractivity contribution in [3.63, 3.8) is 0 Å². The molecule has 0 aromatic heterocycles. The molecule has 0 heterocycles. The first-order chi connectivity index (χ1) is 6.12. The van der Waals surface area contributed by atoms with Crippen LogP contribution in [0.3, 0.4) is 0 Å². The van der Waals surface area contributed by atoms with Gasteiger partial charge in [-0.05, 0) is 12.8 Å². The Kier molecular flexibility index (Phi) is 7.78. The Balaban J connectivity index is 3.16. The number of hydrogen-bond donors (Lipinski definition) is 0. The van der Waals surface area contributed by atoms with Crippen LogP contribution in [0.15, 0.2) is 0 Å². The van der Waals surface area contributed by atoms with E-state index < -0.39 is 0 Å². The first-order valence-corrected chi connectivity index (χ1v) is 6.04. The van der Waals surface area contributed by atoms with E-state index >= 15 is 0 Å². The zero-order valence-corrected chi connectivity index (χ0v) is 10.2. The van der Waals surface area contributed by atoms with Gasteiger partial charge in [0.2, 0.25) is 0 Å². The van der Waals surface area contributed by atoms with Gasteiger partial charge in [-0.25, -0.2) is 0 Å². The van der Waals surface area contributed by atoms with Crippen molar-refractivity contribution in [2.45, 2.75) is 45.4 Å². The van der Waals surface area contributed by atoms with Crippen molar-refractivity contribution in [3.8, 4) is 0 Å². The summed E-state index contributed by atoms with van der Waals surface area (Å²) in [6.45, 7) is 3.48. The molecule has 0 bridgehead atoms. The average Bonchev–Trinajstić information content (AvgIpc) is 2.11. The summed E-state index contributed by atoms with van der Waals surface area (Å²) in [7, 11) is 4.39. The Bertz CT molecular complexity index is 113. The molecule has 0 unspecified atom stereocenters. The van der Waals surface area contributed by atoms with Crippen LogP contribution in [0, 0.1) is 0 Å². The second-order valence-corrected chi connectivity index (χ2v) is 4.79. The van der Waals surface area contributed by atoms with Gasteiger partial charge in [0, 0.05) is 0 Å². The van der Waals surface area contributed by atoms with Gasteiger partial charge in [-0.15, -0.1) is 0 Å². The maximum absolute atomic E-state index is 5.83. The van der Waals surface area contributed by atoms with Crippen LogP contribution in [-0.4, -0.2) is 31.1 Å². The van der Waals surface area contributed by atoms with Crippen LogP contribution in [0.1, 0.15) is 45.4 Å². The minimum absolute atomic E-state index is 0.731. The SMILES string of the molecule is CCCCCCCC[N+](C)(C)CCl. The number of alkyl halides is 1. The van der Waals surface area contributed by atoms with Gasteiger partial charge in [0.05, 0.1) is 20.6 Å². The summed E-state index contributed by atoms with van der Waals surface area (Å²) in [5.41, 5.74) is 0. The van der Waals surface area contributed by atoms with E-state index in [1.165, 1.54) is 45.1 Å². The van der Waals surface area contributed by atoms with Crippen LogP contribution in [0.2, 0.25) is 0 Å². The largest absolute Gasteiger partial charge is 0.316 e. The molecule has 0 aromatic carbocycles. The van der Waals surface area contributed by atoms with Crippen molar-refractivity contribution in [2.24, 2.45) is 0 Å². The van der Waals surface area contributed by atoms with E-state index in [0.29, 0.717) is 0 Å². The molecule has 1 nitrogen and oxygen atoms in total. The predicted molar refractivity (Wildman–Crippen MR) is 61.1 cm³/mol. The summed E-state index contributed by atoms with van der Waals surface area (Å²) in [6.07, 6.45) is 8.24. The van der Waals surface area contributed by atoms with Crippen LogP contribution in [0.4, 0.5) is 0 Å². The summed E-state index contributed by atoms with van der Waals surface area (Å²) in [5, 5.41) is 0. The third-order valence-corrected chi connectivity index (χ3v) is 3.09. The third-order valence-electron chi connectivity index (χ3n) is 2.44. The minimum Gasteiger partial charge on any atom is -0.316 e. The van der Waals surface area contributed by atoms with Crippen molar-refractivity contribution in [3.05, 3.63) is 0 Å². The molecule has 0 saturated heterocycles. The fourth-order valence-corrected chi connectivity index (χ4v) is 1.50. The van der Waals surface area contributed by atoms with E-state index in [1.807, 2.05) is 0 Å². The van der Waals surface area contributed by atoms with Crippen LogP contribution < -0.4 is 0 Å². The molecule has 0 N–H and O–H groups in total. The molecular formula is C11H25ClN+. The molecule has 80 valence electrons. The molecule has 0 saturated carbocycles. The number of rotatable bonds is 8. The molecule has 13 heavy (non-hydrogen) atoms. The second kappa shape index (κ2) is 7.64. The lowest BCUT2D eigenvalue weighted by molar-refractivity contribution is -0.879. The first kappa shape index (κ1) is 13.2. The van der Waals surface area contributed by atoms with Gasteiger partial charge in [-0.3, -0.25) is 0 Å². The highest BCUT2D eigenvalue weighted by Gasteiger charge is 2.11. The predicted octanol–water partition coefficient (Wildman–Crippen LogP) is 3.62. The zero-order valence-electron chi connectivity index (χ0n) is 9.48. The van der Waals surface area contributed by atoms with Crippen molar-refractivity contribution in [2.75, 3.05) is 26.6 Å². The fourth-order valence-electron chi connectivity index (χ4n) is 1.38. The van der Waals surface area contributed by atoms with E-state index in [0.717, 1.165) is 10.5 Å². The van der Waals surface area contributed by atoms with E-state index in [1.54, 1.807) is 0 Å². The molecule has 0 spiro atoms. The maximum Gasteiger partial charge on any atom is 0.154 e. The van der Waals surface area contributed by atoms with Gasteiger partial charge in [0.25, 0.3) is 0 Å². The zero-order chi connectivity index (χ0) is 10.2. The number of unbranched alkanes of at least 4 members (excludes halogenated alkanes) is 5. The monoisotopic (exact) mass is 206 g/mol. The summed E-state index contributed by atoms with van der Waals surface area (Å²) in [4.78, 5) is 0. The summed E-state index contributed by atoms with van der Waals surface area (Å²) < 4.78 is 0.954. The van der Waals surface area contributed by atoms with Gasteiger partial charge in [-0.1, -0.05) is 44.2 Å². The van der Waals surface area contributed by atoms with Gasteiger partial charge < -0.3 is 4.48 Å². The van der Waals surface area contributed by atoms with Crippen molar-refractivity contribution < 1.29 is 4.48 Å². The fraction of sp³-hybridized carbons (Fsp3) is 1.00. The summed E-state index contributed by atoms with van der Waals surface area (Å²) in [5.74, 6) is 0. The highest BCUT2D eigenvalue weighted by Crippen LogP contribution is 2.08. The molecule has 0 fully saturated rings. The standard InChI is InChI=1S/C11H25ClN/c1-4-5-6-7-8-9-10-13(2,3)11-12/h4-11H2,1-3H3/q+1. The average molecular weight is 207 g/mol. The Morgan fingerprint density at radius 2 is 1.46 bits per heavy atom. The molecule has 0 aliphatic heterocycles. The first-order valence-electron chi connectivity index (χ1n) is 5.50. The van der Waals surface area contributed by atoms with Crippen LogP contribution in [-0.2, 0) is 0 Å². The summed E-state index contributed by atoms with van der Waals surface area (Å²) in [6, 6.07) is 0.731. The molecule has 0 rings (SSSR count). The van der Waals surface area contributed by atoms with Crippen LogP contribution >= 0.6 is 11.6 Å². The Morgan fingerprint density at radius 1 is 0.923 bits per heavy atom. The molecule has 2 heteroatoms. The van der Waals surface area contributed by atoms with E-state index in [9.17, 15) is 0 Å². The topological polar surface area (TPSA) is 0 Å². The maximum atomic E-state index is 5.83. The molecule has 0 aliphatic rings. The van der Waals surface area contributed by atoms with Gasteiger partial charge in [0.15, 0.2) is 6.00 Å². The lowest BCUT2D eigenvalue weighted by Crippen LogP contribution is -2.38. The molecular weight excluding hydrogens is 182 g/mol. The highest BCUT2D eigenvalue weighted by atomic mass is 35.5. The second-order valence-electron chi connectivity index (χ2n) is 4.55. The molecule has 0 aliphatic carbocycles. The van der Waals surface area contributed by atoms with Gasteiger partial charge in [0.1, 0.15) is 0 Å². The Morgan fingerprint density at radius 3 is 2.00 bits per heavy atom. The lowest BCUT2D eigenvalue weighted by Gasteiger charge is -2.26. The van der Waals surface area contributed by atoms with E-state index in [4.69, 9.17) is 11.6 Å². The van der Waals surface area contributed by atoms with Crippen LogP contribution in [0.25, 0.3) is 0 Å². The van der Waals surface area contributed by atoms with Crippen molar-refractivity contribution in [1.29, 1.82) is 0 Å². The number of halogens is 1. The highest BCUT2D eigenvalue weighted by molar-refractivity contribution is 6.16.